The summed E-state index contributed by atoms with van der Waals surface area (Å²) in [4.78, 5) is 11.0. The van der Waals surface area contributed by atoms with Gasteiger partial charge in [0, 0.05) is 11.3 Å². The van der Waals surface area contributed by atoms with Crippen molar-refractivity contribution >= 4 is 17.5 Å². The number of carbonyl (C=O) groups excluding carboxylic acids is 1. The average Bonchev–Trinajstić information content (AvgIpc) is 2.19. The van der Waals surface area contributed by atoms with E-state index in [0.717, 1.165) is 17.1 Å². The van der Waals surface area contributed by atoms with Crippen molar-refractivity contribution in [1.29, 1.82) is 0 Å². The molecule has 1 aromatic carbocycles. The van der Waals surface area contributed by atoms with Crippen LogP contribution in [0.4, 0.5) is 0 Å². The zero-order valence-electron chi connectivity index (χ0n) is 8.45. The van der Waals surface area contributed by atoms with E-state index < -0.39 is 0 Å². The Morgan fingerprint density at radius 1 is 1.36 bits per heavy atom. The van der Waals surface area contributed by atoms with Gasteiger partial charge in [-0.25, -0.2) is 0 Å². The molecular weight excluding hydrogens is 196 g/mol. The molecule has 3 heteroatoms. The molecule has 1 aromatic rings. The summed E-state index contributed by atoms with van der Waals surface area (Å²) < 4.78 is 5.45. The van der Waals surface area contributed by atoms with Gasteiger partial charge in [0.25, 0.3) is 0 Å². The van der Waals surface area contributed by atoms with Gasteiger partial charge in [-0.2, -0.15) is 11.8 Å². The Morgan fingerprint density at radius 2 is 2.00 bits per heavy atom. The van der Waals surface area contributed by atoms with E-state index in [0.29, 0.717) is 6.61 Å². The predicted molar refractivity (Wildman–Crippen MR) is 60.3 cm³/mol. The van der Waals surface area contributed by atoms with Crippen LogP contribution in [-0.2, 0) is 0 Å². The number of benzene rings is 1. The minimum atomic E-state index is 0.0839. The quantitative estimate of drug-likeness (QED) is 0.552. The van der Waals surface area contributed by atoms with E-state index in [2.05, 4.69) is 0 Å². The smallest absolute Gasteiger partial charge is 0.159 e. The van der Waals surface area contributed by atoms with Gasteiger partial charge in [-0.3, -0.25) is 4.79 Å². The van der Waals surface area contributed by atoms with Crippen LogP contribution in [0.2, 0.25) is 0 Å². The van der Waals surface area contributed by atoms with Gasteiger partial charge in [-0.05, 0) is 37.4 Å². The van der Waals surface area contributed by atoms with Crippen molar-refractivity contribution in [2.24, 2.45) is 0 Å². The van der Waals surface area contributed by atoms with Crippen LogP contribution in [0, 0.1) is 0 Å². The van der Waals surface area contributed by atoms with Crippen LogP contribution < -0.4 is 4.74 Å². The van der Waals surface area contributed by atoms with Gasteiger partial charge in [0.2, 0.25) is 0 Å². The fourth-order valence-electron chi connectivity index (χ4n) is 1.03. The minimum absolute atomic E-state index is 0.0839. The second-order valence-electron chi connectivity index (χ2n) is 2.92. The van der Waals surface area contributed by atoms with Crippen LogP contribution in [-0.4, -0.2) is 24.4 Å². The number of ether oxygens (including phenoxy) is 1. The van der Waals surface area contributed by atoms with Crippen LogP contribution in [0.5, 0.6) is 5.75 Å². The molecule has 0 atom stereocenters. The molecule has 0 saturated carbocycles. The lowest BCUT2D eigenvalue weighted by atomic mass is 10.1. The Labute approximate surface area is 88.7 Å². The third-order valence-corrected chi connectivity index (χ3v) is 2.39. The third kappa shape index (κ3) is 3.42. The largest absolute Gasteiger partial charge is 0.493 e. The van der Waals surface area contributed by atoms with Gasteiger partial charge >= 0.3 is 0 Å². The van der Waals surface area contributed by atoms with Gasteiger partial charge in [-0.1, -0.05) is 0 Å². The molecule has 0 N–H and O–H groups in total. The number of carbonyl (C=O) groups is 1. The number of rotatable bonds is 5. The summed E-state index contributed by atoms with van der Waals surface area (Å²) in [6, 6.07) is 7.24. The van der Waals surface area contributed by atoms with Crippen molar-refractivity contribution < 1.29 is 9.53 Å². The van der Waals surface area contributed by atoms with Crippen molar-refractivity contribution in [3.8, 4) is 5.75 Å². The third-order valence-electron chi connectivity index (χ3n) is 1.82. The highest BCUT2D eigenvalue weighted by Crippen LogP contribution is 2.12. The molecule has 0 spiro atoms. The van der Waals surface area contributed by atoms with Gasteiger partial charge in [0.15, 0.2) is 5.78 Å². The number of thioether (sulfide) groups is 1. The summed E-state index contributed by atoms with van der Waals surface area (Å²) in [5.41, 5.74) is 0.724. The van der Waals surface area contributed by atoms with Crippen molar-refractivity contribution in [2.75, 3.05) is 18.6 Å². The molecule has 1 rings (SSSR count). The van der Waals surface area contributed by atoms with Crippen molar-refractivity contribution in [3.05, 3.63) is 29.8 Å². The first-order chi connectivity index (χ1) is 6.74. The number of hydrogen-bond donors (Lipinski definition) is 0. The second kappa shape index (κ2) is 5.70. The topological polar surface area (TPSA) is 26.3 Å². The maximum atomic E-state index is 11.0. The fourth-order valence-corrected chi connectivity index (χ4v) is 1.28. The van der Waals surface area contributed by atoms with Gasteiger partial charge < -0.3 is 4.74 Å². The first-order valence-electron chi connectivity index (χ1n) is 4.47. The number of Topliss-reactive ketones (excluding diaryl/α,β-unsaturated/α-hetero) is 1. The van der Waals surface area contributed by atoms with E-state index in [9.17, 15) is 4.79 Å². The molecule has 0 saturated heterocycles. The first-order valence-corrected chi connectivity index (χ1v) is 5.86. The highest BCUT2D eigenvalue weighted by Gasteiger charge is 1.98. The molecule has 0 aliphatic heterocycles. The summed E-state index contributed by atoms with van der Waals surface area (Å²) in [6.45, 7) is 2.27. The van der Waals surface area contributed by atoms with Crippen LogP contribution in [0.3, 0.4) is 0 Å². The Morgan fingerprint density at radius 3 is 2.50 bits per heavy atom. The van der Waals surface area contributed by atoms with Crippen LogP contribution in [0.15, 0.2) is 24.3 Å². The van der Waals surface area contributed by atoms with Crippen LogP contribution in [0.1, 0.15) is 17.3 Å². The monoisotopic (exact) mass is 210 g/mol. The van der Waals surface area contributed by atoms with Gasteiger partial charge in [0.05, 0.1) is 6.61 Å². The standard InChI is InChI=1S/C11H14O2S/c1-9(12)10-3-5-11(6-4-10)13-7-8-14-2/h3-6H,7-8H2,1-2H3. The average molecular weight is 210 g/mol. The molecule has 0 fully saturated rings. The predicted octanol–water partition coefficient (Wildman–Crippen LogP) is 2.63. The minimum Gasteiger partial charge on any atom is -0.493 e. The SMILES string of the molecule is CSCCOc1ccc(C(C)=O)cc1. The molecular formula is C11H14O2S. The maximum Gasteiger partial charge on any atom is 0.159 e. The normalized spacial score (nSPS) is 9.86. The molecule has 0 aromatic heterocycles. The fraction of sp³-hybridized carbons (Fsp3) is 0.364. The van der Waals surface area contributed by atoms with Gasteiger partial charge in [0.1, 0.15) is 5.75 Å². The van der Waals surface area contributed by atoms with Crippen molar-refractivity contribution in [1.82, 2.24) is 0 Å². The molecule has 14 heavy (non-hydrogen) atoms. The highest BCUT2D eigenvalue weighted by atomic mass is 32.2. The second-order valence-corrected chi connectivity index (χ2v) is 3.91. The molecule has 0 aliphatic carbocycles. The Hall–Kier alpha value is -0.960. The number of ketones is 1. The molecule has 76 valence electrons. The highest BCUT2D eigenvalue weighted by molar-refractivity contribution is 7.98. The van der Waals surface area contributed by atoms with E-state index in [1.165, 1.54) is 0 Å². The Bertz CT molecular complexity index is 293. The Balaban J connectivity index is 2.51. The zero-order valence-corrected chi connectivity index (χ0v) is 9.26. The molecule has 0 bridgehead atoms. The molecule has 0 unspecified atom stereocenters. The summed E-state index contributed by atoms with van der Waals surface area (Å²) in [6.07, 6.45) is 2.04. The summed E-state index contributed by atoms with van der Waals surface area (Å²) in [7, 11) is 0. The lowest BCUT2D eigenvalue weighted by molar-refractivity contribution is 0.101. The van der Waals surface area contributed by atoms with Gasteiger partial charge in [-0.15, -0.1) is 0 Å². The van der Waals surface area contributed by atoms with Crippen molar-refractivity contribution in [3.63, 3.8) is 0 Å². The van der Waals surface area contributed by atoms with E-state index in [1.54, 1.807) is 30.8 Å². The molecule has 0 heterocycles. The van der Waals surface area contributed by atoms with Crippen molar-refractivity contribution in [2.45, 2.75) is 6.92 Å². The zero-order chi connectivity index (χ0) is 10.4. The van der Waals surface area contributed by atoms with E-state index in [1.807, 2.05) is 18.4 Å². The summed E-state index contributed by atoms with van der Waals surface area (Å²) in [5, 5.41) is 0. The number of hydrogen-bond acceptors (Lipinski definition) is 3. The Kier molecular flexibility index (Phi) is 4.53. The maximum absolute atomic E-state index is 11.0. The molecule has 0 amide bonds. The first kappa shape index (κ1) is 11.1. The molecule has 2 nitrogen and oxygen atoms in total. The van der Waals surface area contributed by atoms with Crippen LogP contribution >= 0.6 is 11.8 Å². The van der Waals surface area contributed by atoms with E-state index in [4.69, 9.17) is 4.74 Å². The lowest BCUT2D eigenvalue weighted by Gasteiger charge is -2.04. The van der Waals surface area contributed by atoms with E-state index in [-0.39, 0.29) is 5.78 Å². The summed E-state index contributed by atoms with van der Waals surface area (Å²) >= 11 is 1.75. The molecule has 0 radical (unpaired) electrons. The van der Waals surface area contributed by atoms with E-state index >= 15 is 0 Å². The lowest BCUT2D eigenvalue weighted by Crippen LogP contribution is -2.00. The molecule has 0 aliphatic rings. The summed E-state index contributed by atoms with van der Waals surface area (Å²) in [5.74, 6) is 1.89. The van der Waals surface area contributed by atoms with Crippen LogP contribution in [0.25, 0.3) is 0 Å².